The number of allylic oxidation sites excluding steroid dienone is 8. The Balaban J connectivity index is 0. The Morgan fingerprint density at radius 2 is 1.10 bits per heavy atom. The zero-order valence-electron chi connectivity index (χ0n) is 14.7. The maximum atomic E-state index is 3.29. The van der Waals surface area contributed by atoms with E-state index in [9.17, 15) is 0 Å². The van der Waals surface area contributed by atoms with Crippen molar-refractivity contribution in [1.29, 1.82) is 0 Å². The van der Waals surface area contributed by atoms with Crippen LogP contribution < -0.4 is 0 Å². The Labute approximate surface area is 153 Å². The van der Waals surface area contributed by atoms with Crippen LogP contribution in [0.15, 0.2) is 34.4 Å². The molecule has 0 N–H and O–H groups in total. The molecule has 2 unspecified atom stereocenters. The molecule has 2 rings (SSSR count). The van der Waals surface area contributed by atoms with Gasteiger partial charge >= 0.3 is 41.9 Å². The zero-order chi connectivity index (χ0) is 15.9. The molecule has 0 spiro atoms. The Bertz CT molecular complexity index is 392. The molecule has 21 heavy (non-hydrogen) atoms. The van der Waals surface area contributed by atoms with Crippen LogP contribution in [0.2, 0.25) is 13.1 Å². The molecule has 3 heteroatoms. The van der Waals surface area contributed by atoms with Crippen molar-refractivity contribution >= 4 is 17.8 Å². The van der Waals surface area contributed by atoms with Crippen LogP contribution in [0.25, 0.3) is 0 Å². The van der Waals surface area contributed by atoms with Crippen molar-refractivity contribution in [3.63, 3.8) is 0 Å². The molecule has 2 aliphatic carbocycles. The Kier molecular flexibility index (Phi) is 13.3. The smallest absolute Gasteiger partial charge is 0.147 e. The van der Waals surface area contributed by atoms with Gasteiger partial charge in [-0.3, -0.25) is 12.2 Å². The Hall–Kier alpha value is 0.350. The van der Waals surface area contributed by atoms with Gasteiger partial charge in [-0.25, -0.2) is 22.3 Å². The second-order valence-electron chi connectivity index (χ2n) is 5.82. The summed E-state index contributed by atoms with van der Waals surface area (Å²) in [5, 5.41) is 0. The van der Waals surface area contributed by atoms with Crippen LogP contribution in [0.5, 0.6) is 0 Å². The Morgan fingerprint density at radius 3 is 1.14 bits per heavy atom. The van der Waals surface area contributed by atoms with Gasteiger partial charge in [0.25, 0.3) is 0 Å². The summed E-state index contributed by atoms with van der Waals surface area (Å²) in [5.41, 5.74) is 5.62. The molecular formula is C18H29ClSiZr. The van der Waals surface area contributed by atoms with Crippen molar-refractivity contribution in [1.82, 2.24) is 0 Å². The predicted molar refractivity (Wildman–Crippen MR) is 95.4 cm³/mol. The summed E-state index contributed by atoms with van der Waals surface area (Å²) >= 11 is 1.74. The average Bonchev–Trinajstić information content (AvgIpc) is 2.70. The van der Waals surface area contributed by atoms with Gasteiger partial charge in [0.1, 0.15) is 0 Å². The molecule has 0 amide bonds. The first kappa shape index (κ1) is 23.6. The van der Waals surface area contributed by atoms with Crippen molar-refractivity contribution in [3.8, 4) is 0 Å². The van der Waals surface area contributed by atoms with E-state index in [4.69, 9.17) is 0 Å². The fourth-order valence-electron chi connectivity index (χ4n) is 1.99. The predicted octanol–water partition coefficient (Wildman–Crippen LogP) is 5.87. The average molecular weight is 400 g/mol. The van der Waals surface area contributed by atoms with Crippen molar-refractivity contribution in [2.45, 2.75) is 54.6 Å². The summed E-state index contributed by atoms with van der Waals surface area (Å²) < 4.78 is 0. The summed E-state index contributed by atoms with van der Waals surface area (Å²) in [5.74, 6) is 1.10. The largest absolute Gasteiger partial charge is 0.147 e. The van der Waals surface area contributed by atoms with Crippen molar-refractivity contribution in [2.75, 3.05) is 0 Å². The van der Waals surface area contributed by atoms with Gasteiger partial charge in [-0.1, -0.05) is 39.5 Å². The summed E-state index contributed by atoms with van der Waals surface area (Å²) in [6.07, 6.45) is 11.0. The van der Waals surface area contributed by atoms with Gasteiger partial charge in [-0.05, 0) is 0 Å². The second kappa shape index (κ2) is 11.9. The van der Waals surface area contributed by atoms with E-state index < -0.39 is 0 Å². The summed E-state index contributed by atoms with van der Waals surface area (Å²) in [4.78, 5) is 0. The van der Waals surface area contributed by atoms with E-state index in [1.54, 1.807) is 23.3 Å². The van der Waals surface area contributed by atoms with Crippen LogP contribution in [0.4, 0.5) is 0 Å². The molecule has 0 radical (unpaired) electrons. The first-order valence-corrected chi connectivity index (χ1v) is 13.4. The molecule has 0 aromatic carbocycles. The number of halogens is 1. The monoisotopic (exact) mass is 398 g/mol. The van der Waals surface area contributed by atoms with Crippen LogP contribution in [-0.2, 0) is 23.3 Å². The van der Waals surface area contributed by atoms with Crippen LogP contribution in [0, 0.1) is 24.0 Å². The third-order valence-corrected chi connectivity index (χ3v) is 3.07. The van der Waals surface area contributed by atoms with Gasteiger partial charge in [0.2, 0.25) is 0 Å². The molecular weight excluding hydrogens is 371 g/mol. The summed E-state index contributed by atoms with van der Waals surface area (Å²) in [6.45, 7) is 17.4. The summed E-state index contributed by atoms with van der Waals surface area (Å²) in [6, 6.07) is 0. The third kappa shape index (κ3) is 11.6. The molecule has 0 bridgehead atoms. The van der Waals surface area contributed by atoms with E-state index in [1.807, 2.05) is 0 Å². The van der Waals surface area contributed by atoms with Gasteiger partial charge in [0.05, 0.1) is 0 Å². The van der Waals surface area contributed by atoms with E-state index >= 15 is 0 Å². The normalized spacial score (nSPS) is 22.4. The minimum absolute atomic E-state index is 0. The van der Waals surface area contributed by atoms with Crippen LogP contribution in [0.1, 0.15) is 41.5 Å². The standard InChI is InChI=1S/2C8H11.C2H6Si.ClH.Zr/c2*1-6-4-7(2)8(3)5-6;1-3-2;;/h2*4,6H,1-3H3;1-2H3;1H;/q2*-1;;;+2. The molecule has 2 atom stereocenters. The molecule has 0 nitrogen and oxygen atoms in total. The fourth-order valence-corrected chi connectivity index (χ4v) is 1.99. The molecule has 0 aromatic heterocycles. The number of hydrogen-bond donors (Lipinski definition) is 0. The maximum absolute atomic E-state index is 3.29. The Morgan fingerprint density at radius 1 is 0.857 bits per heavy atom. The van der Waals surface area contributed by atoms with Crippen molar-refractivity contribution < 1.29 is 23.3 Å². The van der Waals surface area contributed by atoms with E-state index in [0.29, 0.717) is 11.8 Å². The minimum Gasteiger partial charge on any atom is -0.147 e. The molecule has 116 valence electrons. The molecule has 0 aromatic rings. The first-order valence-electron chi connectivity index (χ1n) is 7.23. The number of hydrogen-bond acceptors (Lipinski definition) is 0. The maximum Gasteiger partial charge on any atom is -0.147 e. The number of rotatable bonds is 0. The fraction of sp³-hybridized carbons (Fsp3) is 0.556. The quantitative estimate of drug-likeness (QED) is 0.353. The second-order valence-corrected chi connectivity index (χ2v) is 15.2. The zero-order valence-corrected chi connectivity index (χ0v) is 19.0. The minimum atomic E-state index is 0. The van der Waals surface area contributed by atoms with Gasteiger partial charge < -0.3 is 0 Å². The molecule has 0 heterocycles. The van der Waals surface area contributed by atoms with Crippen molar-refractivity contribution in [3.05, 3.63) is 46.6 Å². The van der Waals surface area contributed by atoms with Gasteiger partial charge in [0, 0.05) is 0 Å². The van der Waals surface area contributed by atoms with Crippen LogP contribution in [-0.4, -0.2) is 5.43 Å². The van der Waals surface area contributed by atoms with Gasteiger partial charge in [0.15, 0.2) is 0 Å². The van der Waals surface area contributed by atoms with E-state index in [2.05, 4.69) is 78.9 Å². The molecule has 0 saturated heterocycles. The van der Waals surface area contributed by atoms with Gasteiger partial charge in [-0.2, -0.15) is 12.2 Å². The van der Waals surface area contributed by atoms with Crippen LogP contribution >= 0.6 is 12.4 Å². The van der Waals surface area contributed by atoms with Crippen molar-refractivity contribution in [2.24, 2.45) is 11.8 Å². The topological polar surface area (TPSA) is 0 Å². The summed E-state index contributed by atoms with van der Waals surface area (Å²) in [7, 11) is 0. The van der Waals surface area contributed by atoms with E-state index in [0.717, 1.165) is 0 Å². The molecule has 0 fully saturated rings. The molecule has 2 aliphatic rings. The SMILES string of the molecule is CC1=[C-]C(C)C=C1C.CC1=[C-]C(C)C=C1C.C[Si](C)=[Zr+2].Cl. The van der Waals surface area contributed by atoms with Gasteiger partial charge in [-0.15, -0.1) is 26.3 Å². The van der Waals surface area contributed by atoms with Crippen LogP contribution in [0.3, 0.4) is 0 Å². The van der Waals surface area contributed by atoms with E-state index in [1.165, 1.54) is 22.3 Å². The first-order chi connectivity index (χ1) is 9.13. The molecule has 0 saturated carbocycles. The molecule has 0 aliphatic heterocycles. The third-order valence-electron chi connectivity index (χ3n) is 3.07. The van der Waals surface area contributed by atoms with E-state index in [-0.39, 0.29) is 17.8 Å².